The van der Waals surface area contributed by atoms with Crippen molar-refractivity contribution in [3.63, 3.8) is 0 Å². The molecule has 19 heteroatoms. The molecule has 0 aliphatic heterocycles. The molecule has 3 N–H and O–H groups in total. The number of ether oxygens (including phenoxy) is 4. The third kappa shape index (κ3) is 66.5. The van der Waals surface area contributed by atoms with Gasteiger partial charge in [-0.05, 0) is 37.5 Å². The number of carbonyl (C=O) groups excluding carboxylic acids is 4. The molecule has 0 saturated carbocycles. The maximum atomic E-state index is 13.0. The number of hydrogen-bond donors (Lipinski definition) is 3. The second-order valence-corrected chi connectivity index (χ2v) is 29.8. The Labute approximate surface area is 556 Å². The van der Waals surface area contributed by atoms with E-state index in [0.29, 0.717) is 31.6 Å². The van der Waals surface area contributed by atoms with E-state index in [0.717, 1.165) is 95.8 Å². The summed E-state index contributed by atoms with van der Waals surface area (Å²) in [5, 5.41) is 10.6. The lowest BCUT2D eigenvalue weighted by Crippen LogP contribution is -2.30. The molecule has 540 valence electrons. The first kappa shape index (κ1) is 89.1. The summed E-state index contributed by atoms with van der Waals surface area (Å²) in [5.41, 5.74) is 0. The summed E-state index contributed by atoms with van der Waals surface area (Å²) in [6.07, 6.45) is 50.2. The summed E-state index contributed by atoms with van der Waals surface area (Å²) in [5.74, 6) is -0.675. The van der Waals surface area contributed by atoms with Gasteiger partial charge in [0.25, 0.3) is 0 Å². The molecule has 17 nitrogen and oxygen atoms in total. The number of rotatable bonds is 71. The third-order valence-electron chi connectivity index (χ3n) is 16.7. The van der Waals surface area contributed by atoms with Crippen LogP contribution in [0, 0.1) is 11.8 Å². The van der Waals surface area contributed by atoms with Crippen molar-refractivity contribution in [2.24, 2.45) is 11.8 Å². The fourth-order valence-corrected chi connectivity index (χ4v) is 12.5. The van der Waals surface area contributed by atoms with Crippen molar-refractivity contribution in [1.29, 1.82) is 0 Å². The van der Waals surface area contributed by atoms with Gasteiger partial charge < -0.3 is 33.8 Å². The highest BCUT2D eigenvalue weighted by atomic mass is 31.2. The van der Waals surface area contributed by atoms with E-state index in [-0.39, 0.29) is 25.7 Å². The van der Waals surface area contributed by atoms with Gasteiger partial charge in [0, 0.05) is 25.7 Å². The highest BCUT2D eigenvalue weighted by Gasteiger charge is 2.30. The number of aliphatic hydroxyl groups is 1. The molecule has 0 aromatic heterocycles. The van der Waals surface area contributed by atoms with E-state index < -0.39 is 97.5 Å². The molecular weight excluding hydrogens is 1200 g/mol. The van der Waals surface area contributed by atoms with Crippen molar-refractivity contribution in [2.45, 2.75) is 387 Å². The van der Waals surface area contributed by atoms with Gasteiger partial charge in [-0.15, -0.1) is 0 Å². The Hall–Kier alpha value is -1.94. The van der Waals surface area contributed by atoms with Crippen LogP contribution in [-0.2, 0) is 65.4 Å². The zero-order chi connectivity index (χ0) is 67.2. The monoisotopic (exact) mass is 1340 g/mol. The number of unbranched alkanes of at least 4 members (excludes halogenated alkanes) is 41. The largest absolute Gasteiger partial charge is 0.472 e. The van der Waals surface area contributed by atoms with E-state index in [1.807, 2.05) is 0 Å². The third-order valence-corrected chi connectivity index (χ3v) is 18.6. The Morgan fingerprint density at radius 3 is 0.747 bits per heavy atom. The average molecular weight is 1340 g/mol. The van der Waals surface area contributed by atoms with Crippen LogP contribution in [-0.4, -0.2) is 96.7 Å². The van der Waals surface area contributed by atoms with Crippen molar-refractivity contribution < 1.29 is 80.2 Å². The van der Waals surface area contributed by atoms with Crippen LogP contribution < -0.4 is 0 Å². The van der Waals surface area contributed by atoms with Crippen molar-refractivity contribution in [1.82, 2.24) is 0 Å². The minimum atomic E-state index is -4.95. The maximum Gasteiger partial charge on any atom is 0.472 e. The van der Waals surface area contributed by atoms with Gasteiger partial charge in [0.05, 0.1) is 26.4 Å². The number of hydrogen-bond acceptors (Lipinski definition) is 15. The first-order valence-electron chi connectivity index (χ1n) is 37.5. The van der Waals surface area contributed by atoms with Crippen LogP contribution in [0.25, 0.3) is 0 Å². The quantitative estimate of drug-likeness (QED) is 0.0222. The second-order valence-electron chi connectivity index (χ2n) is 26.9. The van der Waals surface area contributed by atoms with Gasteiger partial charge in [-0.1, -0.05) is 318 Å². The molecule has 0 fully saturated rings. The summed E-state index contributed by atoms with van der Waals surface area (Å²) < 4.78 is 68.3. The number of esters is 4. The van der Waals surface area contributed by atoms with E-state index in [1.165, 1.54) is 186 Å². The normalized spacial score (nSPS) is 14.1. The summed E-state index contributed by atoms with van der Waals surface area (Å²) in [6.45, 7) is 9.47. The Morgan fingerprint density at radius 2 is 0.505 bits per heavy atom. The van der Waals surface area contributed by atoms with E-state index in [4.69, 9.17) is 37.0 Å². The molecule has 0 bridgehead atoms. The molecule has 5 atom stereocenters. The molecule has 0 aliphatic rings. The topological polar surface area (TPSA) is 237 Å². The zero-order valence-electron chi connectivity index (χ0n) is 59.1. The minimum Gasteiger partial charge on any atom is -0.462 e. The van der Waals surface area contributed by atoms with Crippen LogP contribution in [0.2, 0.25) is 0 Å². The molecule has 0 aromatic carbocycles. The van der Waals surface area contributed by atoms with Crippen molar-refractivity contribution >= 4 is 39.5 Å². The lowest BCUT2D eigenvalue weighted by atomic mass is 10.0. The SMILES string of the molecule is CCCCCCCCCCCCCCCCCCCCC(=O)O[C@H](COC(=O)CCCCCCCCCCCCCCC(C)C)COP(=O)(O)OC[C@@H](O)COP(=O)(O)OC[C@@H](COC(=O)CCCCCCCCCCC)OC(=O)CCCCCCCCC(C)C. The molecule has 0 spiro atoms. The zero-order valence-corrected chi connectivity index (χ0v) is 60.9. The fraction of sp³-hybridized carbons (Fsp3) is 0.944. The van der Waals surface area contributed by atoms with Crippen LogP contribution in [0.3, 0.4) is 0 Å². The molecule has 0 saturated heterocycles. The van der Waals surface area contributed by atoms with Gasteiger partial charge >= 0.3 is 39.5 Å². The molecule has 91 heavy (non-hydrogen) atoms. The molecule has 0 radical (unpaired) electrons. The smallest absolute Gasteiger partial charge is 0.462 e. The van der Waals surface area contributed by atoms with Crippen LogP contribution in [0.15, 0.2) is 0 Å². The van der Waals surface area contributed by atoms with Gasteiger partial charge in [-0.3, -0.25) is 37.3 Å². The lowest BCUT2D eigenvalue weighted by Gasteiger charge is -2.21. The van der Waals surface area contributed by atoms with E-state index >= 15 is 0 Å². The molecule has 0 amide bonds. The fourth-order valence-electron chi connectivity index (χ4n) is 10.9. The number of phosphoric acid groups is 2. The van der Waals surface area contributed by atoms with Crippen molar-refractivity contribution in [2.75, 3.05) is 39.6 Å². The number of aliphatic hydroxyl groups excluding tert-OH is 1. The van der Waals surface area contributed by atoms with E-state index in [2.05, 4.69) is 41.5 Å². The molecule has 0 rings (SSSR count). The Kier molecular flexibility index (Phi) is 62.7. The first-order chi connectivity index (χ1) is 43.9. The van der Waals surface area contributed by atoms with Crippen molar-refractivity contribution in [3.05, 3.63) is 0 Å². The molecular formula is C72H140O17P2. The van der Waals surface area contributed by atoms with Crippen LogP contribution in [0.1, 0.15) is 369 Å². The van der Waals surface area contributed by atoms with Crippen LogP contribution in [0.4, 0.5) is 0 Å². The standard InChI is InChI=1S/C72H140O17P2/c1-7-9-11-13-15-17-18-19-20-21-22-23-24-29-33-37-44-50-56-71(76)88-67(60-83-70(75)55-49-43-36-32-28-26-25-27-31-34-40-46-52-64(3)4)62-86-90(78,79)84-58-66(73)59-85-91(80,81)87-63-68(89-72(77)57-51-45-39-38-41-47-53-65(5)6)61-82-69(74)54-48-42-35-30-16-14-12-10-8-2/h64-68,73H,7-63H2,1-6H3,(H,78,79)(H,80,81)/t66-,67-,68-/m1/s1. The average Bonchev–Trinajstić information content (AvgIpc) is 3.64. The minimum absolute atomic E-state index is 0.102. The van der Waals surface area contributed by atoms with Crippen LogP contribution >= 0.6 is 15.6 Å². The van der Waals surface area contributed by atoms with Gasteiger partial charge in [-0.25, -0.2) is 9.13 Å². The first-order valence-corrected chi connectivity index (χ1v) is 40.5. The van der Waals surface area contributed by atoms with Gasteiger partial charge in [0.1, 0.15) is 19.3 Å². The summed E-state index contributed by atoms with van der Waals surface area (Å²) in [6, 6.07) is 0. The summed E-state index contributed by atoms with van der Waals surface area (Å²) >= 11 is 0. The lowest BCUT2D eigenvalue weighted by molar-refractivity contribution is -0.161. The van der Waals surface area contributed by atoms with Gasteiger partial charge in [0.2, 0.25) is 0 Å². The Balaban J connectivity index is 5.20. The highest BCUT2D eigenvalue weighted by Crippen LogP contribution is 2.45. The highest BCUT2D eigenvalue weighted by molar-refractivity contribution is 7.47. The second kappa shape index (κ2) is 64.1. The number of carbonyl (C=O) groups is 4. The molecule has 0 aliphatic carbocycles. The predicted molar refractivity (Wildman–Crippen MR) is 368 cm³/mol. The molecule has 0 aromatic rings. The summed E-state index contributed by atoms with van der Waals surface area (Å²) in [4.78, 5) is 72.5. The summed E-state index contributed by atoms with van der Waals surface area (Å²) in [7, 11) is -9.90. The maximum absolute atomic E-state index is 13.0. The van der Waals surface area contributed by atoms with Gasteiger partial charge in [-0.2, -0.15) is 0 Å². The molecule has 2 unspecified atom stereocenters. The van der Waals surface area contributed by atoms with E-state index in [1.54, 1.807) is 0 Å². The molecule has 0 heterocycles. The van der Waals surface area contributed by atoms with Crippen molar-refractivity contribution in [3.8, 4) is 0 Å². The Morgan fingerprint density at radius 1 is 0.297 bits per heavy atom. The van der Waals surface area contributed by atoms with E-state index in [9.17, 15) is 43.2 Å². The Bertz CT molecular complexity index is 1770. The van der Waals surface area contributed by atoms with Crippen LogP contribution in [0.5, 0.6) is 0 Å². The number of phosphoric ester groups is 2. The van der Waals surface area contributed by atoms with Gasteiger partial charge in [0.15, 0.2) is 12.2 Å². The predicted octanol–water partition coefficient (Wildman–Crippen LogP) is 20.8.